The summed E-state index contributed by atoms with van der Waals surface area (Å²) in [6.07, 6.45) is -7.28. The highest BCUT2D eigenvalue weighted by Gasteiger charge is 2.45. The molecule has 516 valence electrons. The van der Waals surface area contributed by atoms with Gasteiger partial charge in [0, 0.05) is 94.8 Å². The molecule has 0 aliphatic carbocycles. The molecule has 6 aliphatic heterocycles. The van der Waals surface area contributed by atoms with Gasteiger partial charge in [-0.1, -0.05) is 13.8 Å². The summed E-state index contributed by atoms with van der Waals surface area (Å²) in [6, 6.07) is 16.9. The molecule has 6 bridgehead atoms. The van der Waals surface area contributed by atoms with Crippen molar-refractivity contribution < 1.29 is 82.2 Å². The van der Waals surface area contributed by atoms with Crippen LogP contribution in [0, 0.1) is 11.8 Å². The van der Waals surface area contributed by atoms with E-state index in [9.17, 15) is 68.3 Å². The van der Waals surface area contributed by atoms with Crippen molar-refractivity contribution in [1.82, 2.24) is 34.9 Å². The molecule has 0 saturated carbocycles. The number of hydrogen-bond donors (Lipinski definition) is 3. The van der Waals surface area contributed by atoms with Gasteiger partial charge in [0.05, 0.1) is 73.9 Å². The number of rotatable bonds is 15. The molecule has 3 N–H and O–H groups in total. The molecule has 0 unspecified atom stereocenters. The minimum absolute atomic E-state index is 0.0946. The van der Waals surface area contributed by atoms with Gasteiger partial charge in [0.25, 0.3) is 0 Å². The third kappa shape index (κ3) is 15.4. The lowest BCUT2D eigenvalue weighted by atomic mass is 10.0. The van der Waals surface area contributed by atoms with Gasteiger partial charge in [-0.25, -0.2) is 49.3 Å². The number of fused-ring (bicyclic) bond motifs is 12. The van der Waals surface area contributed by atoms with Crippen molar-refractivity contribution in [2.75, 3.05) is 98.8 Å². The Morgan fingerprint density at radius 3 is 1.27 bits per heavy atom. The van der Waals surface area contributed by atoms with Crippen molar-refractivity contribution in [2.24, 2.45) is 11.8 Å². The van der Waals surface area contributed by atoms with Gasteiger partial charge < -0.3 is 28.6 Å². The summed E-state index contributed by atoms with van der Waals surface area (Å²) in [4.78, 5) is 117. The van der Waals surface area contributed by atoms with Crippen molar-refractivity contribution in [3.8, 4) is 22.8 Å². The van der Waals surface area contributed by atoms with E-state index in [0.29, 0.717) is 98.4 Å². The van der Waals surface area contributed by atoms with E-state index >= 15 is 0 Å². The first kappa shape index (κ1) is 68.7. The molecule has 34 heteroatoms. The quantitative estimate of drug-likeness (QED) is 0.0635. The van der Waals surface area contributed by atoms with E-state index in [4.69, 9.17) is 13.9 Å². The number of nitrogens with one attached hydrogen (secondary N) is 3. The van der Waals surface area contributed by atoms with Crippen LogP contribution in [0.15, 0.2) is 108 Å². The summed E-state index contributed by atoms with van der Waals surface area (Å²) >= 11 is 0. The highest BCUT2D eigenvalue weighted by molar-refractivity contribution is 6.08. The highest BCUT2D eigenvalue weighted by Crippen LogP contribution is 2.43. The minimum atomic E-state index is -4.48. The Labute approximate surface area is 552 Å². The number of halogens is 9. The number of aromatic nitrogens is 7. The number of oxazole rings is 1. The van der Waals surface area contributed by atoms with Crippen molar-refractivity contribution in [2.45, 2.75) is 95.4 Å². The molecule has 3 saturated heterocycles. The van der Waals surface area contributed by atoms with Crippen molar-refractivity contribution in [3.05, 3.63) is 121 Å². The summed E-state index contributed by atoms with van der Waals surface area (Å²) in [5.41, 5.74) is 2.34. The SMILES string of the molecule is COc1ccnc(NC(=O)N2c3nc(C(=O)CCC(F)(F)F)ccc3N3CC[C@H]2C3)c1.COc1ccnc(NC(=O)N2c3nc(C(=O)C[C@H](C)C(F)(F)F)ccc3N3CC[C@H]2C3)c1.C[C@@H](CC(=O)c1ccc2c(n1)N(C(=O)Nc1cc(-c3cnco3)ccn1)[C@H]1CCN2C1)C(F)(F)F. The largest absolute Gasteiger partial charge is 0.497 e. The van der Waals surface area contributed by atoms with E-state index < -0.39 is 91.5 Å². The third-order valence-corrected chi connectivity index (χ3v) is 17.2. The Kier molecular flexibility index (Phi) is 19.7. The second-order valence-corrected chi connectivity index (χ2v) is 23.8. The number of urea groups is 3. The number of pyridine rings is 6. The van der Waals surface area contributed by atoms with E-state index in [1.54, 1.807) is 54.6 Å². The van der Waals surface area contributed by atoms with Crippen LogP contribution in [0.4, 0.5) is 106 Å². The number of nitrogens with zero attached hydrogens (tertiary/aromatic N) is 13. The van der Waals surface area contributed by atoms with E-state index in [1.807, 2.05) is 14.7 Å². The molecule has 0 spiro atoms. The number of carbonyl (C=O) groups excluding carboxylic acids is 6. The lowest BCUT2D eigenvalue weighted by Gasteiger charge is -2.35. The molecule has 7 aromatic heterocycles. The maximum absolute atomic E-state index is 13.4. The number of methoxy groups -OCH3 is 2. The molecule has 13 rings (SSSR count). The predicted octanol–water partition coefficient (Wildman–Crippen LogP) is 12.1. The Morgan fingerprint density at radius 1 is 0.531 bits per heavy atom. The molecule has 25 nitrogen and oxygen atoms in total. The van der Waals surface area contributed by atoms with Gasteiger partial charge in [-0.15, -0.1) is 0 Å². The number of Topliss-reactive ketones (excluding diaryl/α,β-unsaturated/α-hetero) is 3. The van der Waals surface area contributed by atoms with Crippen molar-refractivity contribution in [1.29, 1.82) is 0 Å². The molecule has 7 aromatic rings. The zero-order chi connectivity index (χ0) is 70.0. The molecule has 0 radical (unpaired) electrons. The van der Waals surface area contributed by atoms with Gasteiger partial charge >= 0.3 is 36.6 Å². The normalized spacial score (nSPS) is 17.8. The monoisotopic (exact) mass is 1370 g/mol. The molecule has 0 aromatic carbocycles. The van der Waals surface area contributed by atoms with Gasteiger partial charge in [-0.3, -0.25) is 45.0 Å². The van der Waals surface area contributed by atoms with Crippen LogP contribution in [-0.2, 0) is 0 Å². The van der Waals surface area contributed by atoms with Gasteiger partial charge in [0.2, 0.25) is 0 Å². The topological polar surface area (TPSA) is 280 Å². The van der Waals surface area contributed by atoms with Crippen LogP contribution in [0.2, 0.25) is 0 Å². The first-order chi connectivity index (χ1) is 46.6. The van der Waals surface area contributed by atoms with Crippen LogP contribution in [0.25, 0.3) is 11.3 Å². The van der Waals surface area contributed by atoms with Gasteiger partial charge in [0.1, 0.15) is 46.0 Å². The molecule has 3 fully saturated rings. The Balaban J connectivity index is 0.000000149. The van der Waals surface area contributed by atoms with Gasteiger partial charge in [-0.05, 0) is 79.9 Å². The zero-order valence-corrected chi connectivity index (χ0v) is 52.8. The van der Waals surface area contributed by atoms with E-state index in [2.05, 4.69) is 50.8 Å². The highest BCUT2D eigenvalue weighted by atomic mass is 19.4. The zero-order valence-electron chi connectivity index (χ0n) is 52.8. The minimum Gasteiger partial charge on any atom is -0.497 e. The van der Waals surface area contributed by atoms with Crippen LogP contribution in [0.5, 0.6) is 11.5 Å². The summed E-state index contributed by atoms with van der Waals surface area (Å²) in [5.74, 6) is -2.61. The summed E-state index contributed by atoms with van der Waals surface area (Å²) in [6.45, 7) is 5.83. The van der Waals surface area contributed by atoms with Crippen LogP contribution in [-0.4, -0.2) is 160 Å². The van der Waals surface area contributed by atoms with Crippen molar-refractivity contribution in [3.63, 3.8) is 0 Å². The van der Waals surface area contributed by atoms with Crippen LogP contribution >= 0.6 is 0 Å². The fourth-order valence-corrected chi connectivity index (χ4v) is 12.0. The Bertz CT molecular complexity index is 4150. The van der Waals surface area contributed by atoms with Crippen LogP contribution in [0.1, 0.15) is 90.3 Å². The summed E-state index contributed by atoms with van der Waals surface area (Å²) < 4.78 is 131. The summed E-state index contributed by atoms with van der Waals surface area (Å²) in [5, 5.41) is 8.18. The number of anilines is 9. The number of ketones is 3. The summed E-state index contributed by atoms with van der Waals surface area (Å²) in [7, 11) is 2.99. The number of ether oxygens (including phenoxy) is 2. The van der Waals surface area contributed by atoms with Crippen LogP contribution in [0.3, 0.4) is 0 Å². The lowest BCUT2D eigenvalue weighted by Crippen LogP contribution is -2.48. The number of hydrogen-bond acceptors (Lipinski definition) is 19. The first-order valence-corrected chi connectivity index (χ1v) is 30.9. The molecule has 5 atom stereocenters. The number of carbonyl (C=O) groups is 6. The lowest BCUT2D eigenvalue weighted by molar-refractivity contribution is -0.169. The maximum atomic E-state index is 13.4. The first-order valence-electron chi connectivity index (χ1n) is 30.9. The molecular formula is C64H63F9N16O9. The van der Waals surface area contributed by atoms with E-state index in [0.717, 1.165) is 13.8 Å². The second-order valence-electron chi connectivity index (χ2n) is 23.8. The average molecular weight is 1370 g/mol. The van der Waals surface area contributed by atoms with Crippen LogP contribution < -0.4 is 54.8 Å². The second kappa shape index (κ2) is 28.2. The standard InChI is InChI=1S/C23H21F3N6O3.C21H22F3N5O3.C20H20F3N5O3/c1-13(23(24,25)26)8-18(33)16-2-3-17-21(29-16)32(15-5-7-31(17)11-15)22(34)30-20-9-14(4-6-28-20)19-10-27-12-35-19;1-12(21(22,23)24)9-17(30)15-3-4-16-19(26-15)29(13-6-8-28(16)11-13)20(31)27-18-10-14(32-2)5-7-25-18;1-31-13-5-8-24-17(10-13)26-19(30)28-12-6-9-27(11-12)15-3-2-14(25-18(15)28)16(29)4-7-20(21,22)23/h2-4,6,9-10,12-13,15H,5,7-8,11H2,1H3,(H,28,30,34);3-5,7,10,12-13H,6,8-9,11H2,1-2H3,(H,25,27,31);2-3,5,8,10,12H,4,6-7,9,11H2,1H3,(H,24,26,30)/t13-,15-;12-,13-;12-/m000/s1. The molecule has 6 amide bonds. The average Bonchev–Trinajstić information content (AvgIpc) is 1.54. The number of amides is 6. The fraction of sp³-hybridized carbons (Fsp3) is 0.391. The number of alkyl halides is 9. The van der Waals surface area contributed by atoms with Gasteiger partial charge in [-0.2, -0.15) is 39.5 Å². The maximum Gasteiger partial charge on any atom is 0.391 e. The fourth-order valence-electron chi connectivity index (χ4n) is 12.0. The Hall–Kier alpha value is -10.7. The molecule has 6 aliphatic rings. The predicted molar refractivity (Wildman–Crippen MR) is 338 cm³/mol. The molecular weight excluding hydrogens is 1310 g/mol. The van der Waals surface area contributed by atoms with Crippen molar-refractivity contribution >= 4 is 87.4 Å². The van der Waals surface area contributed by atoms with Gasteiger partial charge in [0.15, 0.2) is 47.0 Å². The molecule has 13 heterocycles. The van der Waals surface area contributed by atoms with E-state index in [-0.39, 0.29) is 70.1 Å². The third-order valence-electron chi connectivity index (χ3n) is 17.2. The smallest absolute Gasteiger partial charge is 0.391 e. The Morgan fingerprint density at radius 2 is 0.908 bits per heavy atom. The molecule has 98 heavy (non-hydrogen) atoms. The van der Waals surface area contributed by atoms with E-state index in [1.165, 1.54) is 78.3 Å².